The van der Waals surface area contributed by atoms with Crippen LogP contribution in [0, 0.1) is 16.0 Å². The molecule has 1 aliphatic rings. The van der Waals surface area contributed by atoms with E-state index < -0.39 is 14.8 Å². The van der Waals surface area contributed by atoms with Crippen molar-refractivity contribution < 1.29 is 18.4 Å². The fourth-order valence-electron chi connectivity index (χ4n) is 2.16. The molecule has 0 unspecified atom stereocenters. The van der Waals surface area contributed by atoms with Gasteiger partial charge in [-0.3, -0.25) is 10.1 Å². The number of nitrogens with one attached hydrogen (secondary N) is 1. The van der Waals surface area contributed by atoms with E-state index in [9.17, 15) is 23.6 Å². The Balaban J connectivity index is 2.17. The van der Waals surface area contributed by atoms with Crippen molar-refractivity contribution in [2.75, 3.05) is 18.1 Å². The first kappa shape index (κ1) is 14.7. The van der Waals surface area contributed by atoms with E-state index in [4.69, 9.17) is 0 Å². The smallest absolute Gasteiger partial charge is 0.293 e. The molecule has 0 atom stereocenters. The second-order valence-electron chi connectivity index (χ2n) is 5.08. The summed E-state index contributed by atoms with van der Waals surface area (Å²) in [7, 11) is -3.47. The predicted octanol–water partition coefficient (Wildman–Crippen LogP) is 1.18. The zero-order valence-electron chi connectivity index (χ0n) is 10.9. The van der Waals surface area contributed by atoms with Crippen molar-refractivity contribution in [3.63, 3.8) is 0 Å². The van der Waals surface area contributed by atoms with Crippen LogP contribution in [-0.4, -0.2) is 37.4 Å². The Morgan fingerprint density at radius 2 is 2.10 bits per heavy atom. The number of rotatable bonds is 5. The van der Waals surface area contributed by atoms with Gasteiger partial charge in [0.1, 0.15) is 5.69 Å². The van der Waals surface area contributed by atoms with Crippen LogP contribution in [0.25, 0.3) is 0 Å². The number of aliphatic hydroxyl groups is 1. The number of anilines is 1. The van der Waals surface area contributed by atoms with Gasteiger partial charge < -0.3 is 10.4 Å². The number of nitro benzene ring substituents is 1. The van der Waals surface area contributed by atoms with Gasteiger partial charge in [0, 0.05) is 18.9 Å². The fourth-order valence-corrected chi connectivity index (χ4v) is 2.81. The van der Waals surface area contributed by atoms with E-state index in [-0.39, 0.29) is 16.7 Å². The molecule has 0 aromatic heterocycles. The fraction of sp³-hybridized carbons (Fsp3) is 0.500. The molecule has 1 aromatic carbocycles. The quantitative estimate of drug-likeness (QED) is 0.624. The van der Waals surface area contributed by atoms with Crippen molar-refractivity contribution in [3.05, 3.63) is 28.3 Å². The van der Waals surface area contributed by atoms with Crippen molar-refractivity contribution in [2.24, 2.45) is 5.92 Å². The van der Waals surface area contributed by atoms with Gasteiger partial charge in [-0.25, -0.2) is 8.42 Å². The van der Waals surface area contributed by atoms with Crippen LogP contribution in [0.3, 0.4) is 0 Å². The number of hydrogen-bond acceptors (Lipinski definition) is 6. The first-order valence-electron chi connectivity index (χ1n) is 6.18. The Bertz CT molecular complexity index is 623. The van der Waals surface area contributed by atoms with Crippen LogP contribution in [0.15, 0.2) is 23.1 Å². The number of nitrogens with zero attached hydrogens (tertiary/aromatic N) is 1. The third-order valence-corrected chi connectivity index (χ3v) is 4.50. The first-order valence-corrected chi connectivity index (χ1v) is 8.07. The Morgan fingerprint density at radius 3 is 2.60 bits per heavy atom. The molecule has 0 saturated heterocycles. The van der Waals surface area contributed by atoms with E-state index in [1.165, 1.54) is 12.1 Å². The van der Waals surface area contributed by atoms with Crippen molar-refractivity contribution in [1.29, 1.82) is 0 Å². The molecule has 20 heavy (non-hydrogen) atoms. The number of hydrogen-bond donors (Lipinski definition) is 2. The van der Waals surface area contributed by atoms with E-state index in [2.05, 4.69) is 5.32 Å². The third kappa shape index (κ3) is 3.26. The lowest BCUT2D eigenvalue weighted by molar-refractivity contribution is -0.384. The maximum Gasteiger partial charge on any atom is 0.293 e. The minimum atomic E-state index is -3.47. The van der Waals surface area contributed by atoms with Gasteiger partial charge in [0.05, 0.1) is 15.9 Å². The Hall–Kier alpha value is -1.67. The standard InChI is InChI=1S/C12H16N2O5S/c1-20(18,19)10-2-3-11(12(6-10)14(16)17)13-7-8-4-9(15)5-8/h2-3,6,8-9,13,15H,4-5,7H2,1H3. The minimum Gasteiger partial charge on any atom is -0.393 e. The average molecular weight is 300 g/mol. The highest BCUT2D eigenvalue weighted by atomic mass is 32.2. The second kappa shape index (κ2) is 5.37. The minimum absolute atomic E-state index is 0.0752. The van der Waals surface area contributed by atoms with Crippen LogP contribution in [0.1, 0.15) is 12.8 Å². The van der Waals surface area contributed by atoms with Gasteiger partial charge in [-0.1, -0.05) is 0 Å². The lowest BCUT2D eigenvalue weighted by Gasteiger charge is -2.31. The summed E-state index contributed by atoms with van der Waals surface area (Å²) in [6.07, 6.45) is 2.10. The highest BCUT2D eigenvalue weighted by Gasteiger charge is 2.27. The number of nitro groups is 1. The van der Waals surface area contributed by atoms with Gasteiger partial charge in [-0.2, -0.15) is 0 Å². The lowest BCUT2D eigenvalue weighted by Crippen LogP contribution is -2.33. The molecule has 0 amide bonds. The first-order chi connectivity index (χ1) is 9.27. The summed E-state index contributed by atoms with van der Waals surface area (Å²) < 4.78 is 22.8. The highest BCUT2D eigenvalue weighted by Crippen LogP contribution is 2.31. The number of benzene rings is 1. The van der Waals surface area contributed by atoms with E-state index in [0.29, 0.717) is 31.0 Å². The second-order valence-corrected chi connectivity index (χ2v) is 7.10. The summed E-state index contributed by atoms with van der Waals surface area (Å²) in [5, 5.41) is 23.1. The molecule has 0 aliphatic heterocycles. The molecular formula is C12H16N2O5S. The van der Waals surface area contributed by atoms with Gasteiger partial charge >= 0.3 is 0 Å². The molecule has 8 heteroatoms. The zero-order valence-corrected chi connectivity index (χ0v) is 11.8. The zero-order chi connectivity index (χ0) is 14.9. The molecule has 2 rings (SSSR count). The third-order valence-electron chi connectivity index (χ3n) is 3.39. The van der Waals surface area contributed by atoms with Gasteiger partial charge in [0.15, 0.2) is 9.84 Å². The van der Waals surface area contributed by atoms with Gasteiger partial charge in [0.25, 0.3) is 5.69 Å². The summed E-state index contributed by atoms with van der Waals surface area (Å²) in [4.78, 5) is 10.3. The summed E-state index contributed by atoms with van der Waals surface area (Å²) in [5.74, 6) is 0.291. The van der Waals surface area contributed by atoms with Crippen molar-refractivity contribution in [3.8, 4) is 0 Å². The van der Waals surface area contributed by atoms with Gasteiger partial charge in [0.2, 0.25) is 0 Å². The molecule has 0 bridgehead atoms. The predicted molar refractivity (Wildman–Crippen MR) is 73.4 cm³/mol. The molecule has 0 heterocycles. The van der Waals surface area contributed by atoms with Crippen LogP contribution < -0.4 is 5.32 Å². The molecule has 1 aliphatic carbocycles. The molecule has 1 saturated carbocycles. The highest BCUT2D eigenvalue weighted by molar-refractivity contribution is 7.90. The van der Waals surface area contributed by atoms with Crippen molar-refractivity contribution in [1.82, 2.24) is 0 Å². The van der Waals surface area contributed by atoms with Crippen molar-refractivity contribution >= 4 is 21.2 Å². The van der Waals surface area contributed by atoms with E-state index in [1.54, 1.807) is 0 Å². The van der Waals surface area contributed by atoms with E-state index in [0.717, 1.165) is 12.3 Å². The largest absolute Gasteiger partial charge is 0.393 e. The number of sulfone groups is 1. The average Bonchev–Trinajstić information content (AvgIpc) is 2.31. The van der Waals surface area contributed by atoms with E-state index >= 15 is 0 Å². The summed E-state index contributed by atoms with van der Waals surface area (Å²) in [6, 6.07) is 3.82. The Morgan fingerprint density at radius 1 is 1.45 bits per heavy atom. The molecular weight excluding hydrogens is 284 g/mol. The van der Waals surface area contributed by atoms with Gasteiger partial charge in [-0.15, -0.1) is 0 Å². The summed E-state index contributed by atoms with van der Waals surface area (Å²) in [6.45, 7) is 0.524. The van der Waals surface area contributed by atoms with Crippen LogP contribution in [-0.2, 0) is 9.84 Å². The number of aliphatic hydroxyl groups excluding tert-OH is 1. The molecule has 7 nitrogen and oxygen atoms in total. The van der Waals surface area contributed by atoms with Crippen LogP contribution in [0.5, 0.6) is 0 Å². The molecule has 0 radical (unpaired) electrons. The lowest BCUT2D eigenvalue weighted by atomic mass is 9.82. The molecule has 0 spiro atoms. The van der Waals surface area contributed by atoms with Crippen LogP contribution in [0.4, 0.5) is 11.4 Å². The Labute approximate surface area is 116 Å². The topological polar surface area (TPSA) is 110 Å². The molecule has 1 fully saturated rings. The maximum atomic E-state index is 11.4. The Kier molecular flexibility index (Phi) is 3.96. The molecule has 110 valence electrons. The van der Waals surface area contributed by atoms with Crippen LogP contribution >= 0.6 is 0 Å². The van der Waals surface area contributed by atoms with Gasteiger partial charge in [-0.05, 0) is 30.9 Å². The monoisotopic (exact) mass is 300 g/mol. The van der Waals surface area contributed by atoms with Crippen LogP contribution in [0.2, 0.25) is 0 Å². The SMILES string of the molecule is CS(=O)(=O)c1ccc(NCC2CC(O)C2)c([N+](=O)[O-])c1. The summed E-state index contributed by atoms with van der Waals surface area (Å²) >= 11 is 0. The summed E-state index contributed by atoms with van der Waals surface area (Å²) in [5.41, 5.74) is 0.0385. The normalized spacial score (nSPS) is 22.1. The van der Waals surface area contributed by atoms with Crippen molar-refractivity contribution in [2.45, 2.75) is 23.8 Å². The molecule has 1 aromatic rings. The van der Waals surface area contributed by atoms with E-state index in [1.807, 2.05) is 0 Å². The maximum absolute atomic E-state index is 11.4. The molecule has 2 N–H and O–H groups in total.